The molecule has 4 heteroatoms. The van der Waals surface area contributed by atoms with E-state index in [-0.39, 0.29) is 12.6 Å². The number of oxazole rings is 1. The Labute approximate surface area is 75.0 Å². The number of hydrogen-bond acceptors (Lipinski definition) is 4. The third-order valence-corrected chi connectivity index (χ3v) is 1.98. The van der Waals surface area contributed by atoms with Crippen molar-refractivity contribution in [2.24, 2.45) is 5.73 Å². The van der Waals surface area contributed by atoms with E-state index in [0.717, 1.165) is 16.7 Å². The van der Waals surface area contributed by atoms with Crippen molar-refractivity contribution in [3.63, 3.8) is 0 Å². The molecule has 0 aliphatic heterocycles. The Balaban J connectivity index is 2.48. The van der Waals surface area contributed by atoms with E-state index in [1.165, 1.54) is 6.39 Å². The van der Waals surface area contributed by atoms with Crippen LogP contribution in [0.2, 0.25) is 0 Å². The normalized spacial score (nSPS) is 13.4. The summed E-state index contributed by atoms with van der Waals surface area (Å²) in [6.45, 7) is -0.0661. The fraction of sp³-hybridized carbons (Fsp3) is 0.222. The predicted octanol–water partition coefficient (Wildman–Crippen LogP) is 0.820. The first-order chi connectivity index (χ1) is 6.31. The molecule has 0 saturated carbocycles. The Kier molecular flexibility index (Phi) is 2.00. The van der Waals surface area contributed by atoms with E-state index in [4.69, 9.17) is 15.3 Å². The van der Waals surface area contributed by atoms with Crippen molar-refractivity contribution in [1.29, 1.82) is 0 Å². The van der Waals surface area contributed by atoms with E-state index in [9.17, 15) is 0 Å². The lowest BCUT2D eigenvalue weighted by Gasteiger charge is -2.06. The van der Waals surface area contributed by atoms with Gasteiger partial charge >= 0.3 is 0 Å². The summed E-state index contributed by atoms with van der Waals surface area (Å²) >= 11 is 0. The van der Waals surface area contributed by atoms with Gasteiger partial charge in [-0.25, -0.2) is 4.98 Å². The number of nitrogens with two attached hydrogens (primary N) is 1. The van der Waals surface area contributed by atoms with Crippen molar-refractivity contribution in [2.75, 3.05) is 6.61 Å². The predicted molar refractivity (Wildman–Crippen MR) is 48.0 cm³/mol. The summed E-state index contributed by atoms with van der Waals surface area (Å²) in [5.74, 6) is 0. The van der Waals surface area contributed by atoms with Crippen LogP contribution in [0.1, 0.15) is 11.6 Å². The minimum atomic E-state index is -0.346. The molecule has 0 fully saturated rings. The molecule has 0 bridgehead atoms. The van der Waals surface area contributed by atoms with Crippen molar-refractivity contribution in [3.05, 3.63) is 30.2 Å². The van der Waals surface area contributed by atoms with E-state index in [1.807, 2.05) is 12.1 Å². The monoisotopic (exact) mass is 178 g/mol. The Morgan fingerprint density at radius 1 is 1.54 bits per heavy atom. The zero-order chi connectivity index (χ0) is 9.26. The Bertz CT molecular complexity index is 411. The summed E-state index contributed by atoms with van der Waals surface area (Å²) < 4.78 is 5.07. The van der Waals surface area contributed by atoms with E-state index in [2.05, 4.69) is 4.98 Å². The minimum Gasteiger partial charge on any atom is -0.443 e. The molecular formula is C9H10N2O2. The Morgan fingerprint density at radius 2 is 2.38 bits per heavy atom. The van der Waals surface area contributed by atoms with Gasteiger partial charge in [0.15, 0.2) is 12.0 Å². The van der Waals surface area contributed by atoms with E-state index < -0.39 is 0 Å². The second-order valence-corrected chi connectivity index (χ2v) is 2.87. The lowest BCUT2D eigenvalue weighted by molar-refractivity contribution is 0.268. The second-order valence-electron chi connectivity index (χ2n) is 2.87. The Hall–Kier alpha value is -1.39. The highest BCUT2D eigenvalue weighted by atomic mass is 16.3. The van der Waals surface area contributed by atoms with Crippen LogP contribution in [0.15, 0.2) is 29.0 Å². The van der Waals surface area contributed by atoms with E-state index >= 15 is 0 Å². The molecule has 3 N–H and O–H groups in total. The summed E-state index contributed by atoms with van der Waals surface area (Å²) in [7, 11) is 0. The van der Waals surface area contributed by atoms with Crippen LogP contribution in [0.3, 0.4) is 0 Å². The lowest BCUT2D eigenvalue weighted by atomic mass is 10.1. The SMILES string of the molecule is NC(CO)c1ccc2ocnc2c1. The summed E-state index contributed by atoms with van der Waals surface area (Å²) in [6, 6.07) is 5.10. The highest BCUT2D eigenvalue weighted by Gasteiger charge is 2.06. The third kappa shape index (κ3) is 1.41. The van der Waals surface area contributed by atoms with Crippen molar-refractivity contribution in [2.45, 2.75) is 6.04 Å². The van der Waals surface area contributed by atoms with Crippen molar-refractivity contribution in [1.82, 2.24) is 4.98 Å². The molecule has 1 aromatic heterocycles. The smallest absolute Gasteiger partial charge is 0.181 e. The maximum atomic E-state index is 8.84. The molecule has 1 aromatic carbocycles. The molecule has 2 aromatic rings. The van der Waals surface area contributed by atoms with Gasteiger partial charge in [-0.15, -0.1) is 0 Å². The Morgan fingerprint density at radius 3 is 3.15 bits per heavy atom. The van der Waals surface area contributed by atoms with Crippen LogP contribution in [-0.2, 0) is 0 Å². The molecule has 1 unspecified atom stereocenters. The van der Waals surface area contributed by atoms with Crippen molar-refractivity contribution < 1.29 is 9.52 Å². The zero-order valence-corrected chi connectivity index (χ0v) is 6.97. The first kappa shape index (κ1) is 8.22. The number of aliphatic hydroxyl groups is 1. The van der Waals surface area contributed by atoms with Gasteiger partial charge in [-0.05, 0) is 17.7 Å². The van der Waals surface area contributed by atoms with E-state index in [1.54, 1.807) is 6.07 Å². The van der Waals surface area contributed by atoms with Gasteiger partial charge in [0, 0.05) is 0 Å². The fourth-order valence-electron chi connectivity index (χ4n) is 1.21. The van der Waals surface area contributed by atoms with Gasteiger partial charge in [0.1, 0.15) is 5.52 Å². The molecule has 0 aliphatic rings. The maximum Gasteiger partial charge on any atom is 0.181 e. The van der Waals surface area contributed by atoms with Gasteiger partial charge in [-0.3, -0.25) is 0 Å². The number of nitrogens with zero attached hydrogens (tertiary/aromatic N) is 1. The molecule has 68 valence electrons. The molecule has 1 atom stereocenters. The van der Waals surface area contributed by atoms with Crippen LogP contribution in [0.25, 0.3) is 11.1 Å². The fourth-order valence-corrected chi connectivity index (χ4v) is 1.21. The quantitative estimate of drug-likeness (QED) is 0.714. The molecule has 0 spiro atoms. The highest BCUT2D eigenvalue weighted by molar-refractivity contribution is 5.72. The number of fused-ring (bicyclic) bond motifs is 1. The van der Waals surface area contributed by atoms with Crippen molar-refractivity contribution >= 4 is 11.1 Å². The average Bonchev–Trinajstić information content (AvgIpc) is 2.63. The summed E-state index contributed by atoms with van der Waals surface area (Å²) in [5, 5.41) is 8.84. The summed E-state index contributed by atoms with van der Waals surface area (Å²) in [6.07, 6.45) is 1.39. The van der Waals surface area contributed by atoms with Gasteiger partial charge in [-0.1, -0.05) is 6.07 Å². The van der Waals surface area contributed by atoms with Gasteiger partial charge < -0.3 is 15.3 Å². The lowest BCUT2D eigenvalue weighted by Crippen LogP contribution is -2.14. The van der Waals surface area contributed by atoms with Crippen LogP contribution >= 0.6 is 0 Å². The van der Waals surface area contributed by atoms with Crippen LogP contribution in [0.5, 0.6) is 0 Å². The first-order valence-electron chi connectivity index (χ1n) is 4.01. The van der Waals surface area contributed by atoms with Gasteiger partial charge in [0.25, 0.3) is 0 Å². The number of aromatic nitrogens is 1. The molecule has 2 rings (SSSR count). The second kappa shape index (κ2) is 3.16. The zero-order valence-electron chi connectivity index (χ0n) is 6.97. The van der Waals surface area contributed by atoms with E-state index in [0.29, 0.717) is 0 Å². The molecule has 0 saturated heterocycles. The molecule has 13 heavy (non-hydrogen) atoms. The summed E-state index contributed by atoms with van der Waals surface area (Å²) in [5.41, 5.74) is 8.01. The molecule has 4 nitrogen and oxygen atoms in total. The van der Waals surface area contributed by atoms with Crippen LogP contribution in [0, 0.1) is 0 Å². The number of benzene rings is 1. The van der Waals surface area contributed by atoms with Crippen LogP contribution < -0.4 is 5.73 Å². The largest absolute Gasteiger partial charge is 0.443 e. The standard InChI is InChI=1S/C9H10N2O2/c10-7(4-12)6-1-2-9-8(3-6)11-5-13-9/h1-3,5,7,12H,4,10H2. The van der Waals surface area contributed by atoms with Gasteiger partial charge in [0.2, 0.25) is 0 Å². The van der Waals surface area contributed by atoms with Gasteiger partial charge in [-0.2, -0.15) is 0 Å². The molecule has 0 radical (unpaired) electrons. The molecule has 0 amide bonds. The molecule has 0 aliphatic carbocycles. The molecule has 1 heterocycles. The average molecular weight is 178 g/mol. The highest BCUT2D eigenvalue weighted by Crippen LogP contribution is 2.17. The first-order valence-corrected chi connectivity index (χ1v) is 4.01. The number of rotatable bonds is 2. The topological polar surface area (TPSA) is 72.3 Å². The minimum absolute atomic E-state index is 0.0661. The maximum absolute atomic E-state index is 8.84. The van der Waals surface area contributed by atoms with Crippen LogP contribution in [0.4, 0.5) is 0 Å². The summed E-state index contributed by atoms with van der Waals surface area (Å²) in [4.78, 5) is 3.99. The third-order valence-electron chi connectivity index (χ3n) is 1.98. The number of hydrogen-bond donors (Lipinski definition) is 2. The molecular weight excluding hydrogens is 168 g/mol. The van der Waals surface area contributed by atoms with Crippen LogP contribution in [-0.4, -0.2) is 16.7 Å². The van der Waals surface area contributed by atoms with Crippen molar-refractivity contribution in [3.8, 4) is 0 Å². The number of aliphatic hydroxyl groups excluding tert-OH is 1. The van der Waals surface area contributed by atoms with Gasteiger partial charge in [0.05, 0.1) is 12.6 Å².